The summed E-state index contributed by atoms with van der Waals surface area (Å²) in [5.41, 5.74) is 5.55. The van der Waals surface area contributed by atoms with Crippen molar-refractivity contribution in [2.75, 3.05) is 6.54 Å². The van der Waals surface area contributed by atoms with Crippen LogP contribution in [0.1, 0.15) is 26.2 Å². The Morgan fingerprint density at radius 2 is 2.39 bits per heavy atom. The van der Waals surface area contributed by atoms with E-state index < -0.39 is 0 Å². The molecule has 0 bridgehead atoms. The van der Waals surface area contributed by atoms with Crippen molar-refractivity contribution in [1.82, 2.24) is 20.3 Å². The number of hydrogen-bond acceptors (Lipinski definition) is 4. The number of nitrogens with zero attached hydrogens (tertiary/aromatic N) is 3. The average Bonchev–Trinajstić information content (AvgIpc) is 2.84. The van der Waals surface area contributed by atoms with Gasteiger partial charge in [0.1, 0.15) is 0 Å². The standard InChI is InChI=1S/C11H19N5OS/c1-2-4-9(10(12)18)11(17)13-5-3-7-16-8-6-14-15-16/h6,8-9H,2-5,7H2,1H3,(H2,12,18)(H,13,17). The summed E-state index contributed by atoms with van der Waals surface area (Å²) >= 11 is 4.90. The molecule has 1 heterocycles. The molecule has 1 aromatic rings. The van der Waals surface area contributed by atoms with Crippen LogP contribution in [0.15, 0.2) is 12.4 Å². The summed E-state index contributed by atoms with van der Waals surface area (Å²) < 4.78 is 1.73. The number of carbonyl (C=O) groups excluding carboxylic acids is 1. The monoisotopic (exact) mass is 269 g/mol. The van der Waals surface area contributed by atoms with Gasteiger partial charge < -0.3 is 11.1 Å². The molecule has 0 saturated carbocycles. The fraction of sp³-hybridized carbons (Fsp3) is 0.636. The zero-order chi connectivity index (χ0) is 13.4. The van der Waals surface area contributed by atoms with Crippen LogP contribution in [0, 0.1) is 5.92 Å². The largest absolute Gasteiger partial charge is 0.393 e. The summed E-state index contributed by atoms with van der Waals surface area (Å²) in [6, 6.07) is 0. The van der Waals surface area contributed by atoms with Gasteiger partial charge in [0.2, 0.25) is 5.91 Å². The van der Waals surface area contributed by atoms with E-state index in [1.165, 1.54) is 0 Å². The maximum absolute atomic E-state index is 11.8. The molecule has 18 heavy (non-hydrogen) atoms. The van der Waals surface area contributed by atoms with E-state index in [0.717, 1.165) is 19.4 Å². The molecule has 0 aromatic carbocycles. The molecular formula is C11H19N5OS. The van der Waals surface area contributed by atoms with Gasteiger partial charge in [0.25, 0.3) is 0 Å². The van der Waals surface area contributed by atoms with E-state index in [-0.39, 0.29) is 16.8 Å². The van der Waals surface area contributed by atoms with Crippen LogP contribution in [0.2, 0.25) is 0 Å². The highest BCUT2D eigenvalue weighted by Crippen LogP contribution is 2.06. The molecule has 1 aromatic heterocycles. The predicted molar refractivity (Wildman–Crippen MR) is 72.8 cm³/mol. The van der Waals surface area contributed by atoms with Gasteiger partial charge in [-0.3, -0.25) is 9.48 Å². The maximum atomic E-state index is 11.8. The molecule has 1 unspecified atom stereocenters. The molecule has 0 saturated heterocycles. The van der Waals surface area contributed by atoms with Crippen molar-refractivity contribution in [2.24, 2.45) is 11.7 Å². The second-order valence-corrected chi connectivity index (χ2v) is 4.53. The Kier molecular flexibility index (Phi) is 6.27. The molecule has 0 aliphatic rings. The topological polar surface area (TPSA) is 85.8 Å². The number of aryl methyl sites for hydroxylation is 1. The molecule has 7 heteroatoms. The Bertz CT molecular complexity index is 379. The first-order chi connectivity index (χ1) is 8.65. The van der Waals surface area contributed by atoms with Crippen LogP contribution in [-0.4, -0.2) is 32.4 Å². The van der Waals surface area contributed by atoms with Crippen molar-refractivity contribution in [3.8, 4) is 0 Å². The van der Waals surface area contributed by atoms with E-state index in [1.54, 1.807) is 17.1 Å². The van der Waals surface area contributed by atoms with Crippen molar-refractivity contribution >= 4 is 23.1 Å². The number of carbonyl (C=O) groups is 1. The lowest BCUT2D eigenvalue weighted by molar-refractivity contribution is -0.123. The summed E-state index contributed by atoms with van der Waals surface area (Å²) in [7, 11) is 0. The molecule has 100 valence electrons. The van der Waals surface area contributed by atoms with Crippen LogP contribution in [0.25, 0.3) is 0 Å². The third kappa shape index (κ3) is 4.79. The molecular weight excluding hydrogens is 250 g/mol. The number of hydrogen-bond donors (Lipinski definition) is 2. The lowest BCUT2D eigenvalue weighted by atomic mass is 10.0. The zero-order valence-corrected chi connectivity index (χ0v) is 11.3. The molecule has 6 nitrogen and oxygen atoms in total. The van der Waals surface area contributed by atoms with Crippen molar-refractivity contribution in [1.29, 1.82) is 0 Å². The summed E-state index contributed by atoms with van der Waals surface area (Å²) in [5.74, 6) is -0.431. The molecule has 3 N–H and O–H groups in total. The molecule has 1 atom stereocenters. The number of nitrogens with two attached hydrogens (primary N) is 1. The second kappa shape index (κ2) is 7.75. The molecule has 1 amide bonds. The van der Waals surface area contributed by atoms with Gasteiger partial charge in [-0.1, -0.05) is 30.8 Å². The van der Waals surface area contributed by atoms with Crippen LogP contribution in [-0.2, 0) is 11.3 Å². The average molecular weight is 269 g/mol. The number of aromatic nitrogens is 3. The molecule has 0 fully saturated rings. The SMILES string of the molecule is CCCC(C(=O)NCCCn1ccnn1)C(N)=S. The molecule has 0 aliphatic heterocycles. The first kappa shape index (κ1) is 14.6. The lowest BCUT2D eigenvalue weighted by Gasteiger charge is -2.14. The Morgan fingerprint density at radius 1 is 1.61 bits per heavy atom. The van der Waals surface area contributed by atoms with E-state index >= 15 is 0 Å². The third-order valence-corrected chi connectivity index (χ3v) is 2.86. The summed E-state index contributed by atoms with van der Waals surface area (Å²) in [4.78, 5) is 12.1. The van der Waals surface area contributed by atoms with Gasteiger partial charge in [0, 0.05) is 19.3 Å². The lowest BCUT2D eigenvalue weighted by Crippen LogP contribution is -2.38. The Hall–Kier alpha value is -1.50. The van der Waals surface area contributed by atoms with Gasteiger partial charge >= 0.3 is 0 Å². The van der Waals surface area contributed by atoms with E-state index in [4.69, 9.17) is 18.0 Å². The maximum Gasteiger partial charge on any atom is 0.229 e. The highest BCUT2D eigenvalue weighted by Gasteiger charge is 2.19. The second-order valence-electron chi connectivity index (χ2n) is 4.05. The minimum Gasteiger partial charge on any atom is -0.393 e. The Labute approximate surface area is 112 Å². The number of thiocarbonyl (C=S) groups is 1. The first-order valence-electron chi connectivity index (χ1n) is 6.06. The summed E-state index contributed by atoms with van der Waals surface area (Å²) in [6.07, 6.45) is 5.79. The predicted octanol–water partition coefficient (Wildman–Crippen LogP) is 0.487. The first-order valence-corrected chi connectivity index (χ1v) is 6.47. The minimum atomic E-state index is -0.351. The summed E-state index contributed by atoms with van der Waals surface area (Å²) in [6.45, 7) is 3.32. The Morgan fingerprint density at radius 3 is 2.94 bits per heavy atom. The molecule has 0 radical (unpaired) electrons. The van der Waals surface area contributed by atoms with Crippen LogP contribution >= 0.6 is 12.2 Å². The Balaban J connectivity index is 2.24. The van der Waals surface area contributed by atoms with Crippen molar-refractivity contribution in [3.05, 3.63) is 12.4 Å². The zero-order valence-electron chi connectivity index (χ0n) is 10.5. The third-order valence-electron chi connectivity index (χ3n) is 2.57. The van der Waals surface area contributed by atoms with Gasteiger partial charge in [-0.05, 0) is 12.8 Å². The number of nitrogens with one attached hydrogen (secondary N) is 1. The fourth-order valence-electron chi connectivity index (χ4n) is 1.62. The van der Waals surface area contributed by atoms with Crippen LogP contribution in [0.4, 0.5) is 0 Å². The van der Waals surface area contributed by atoms with Crippen LogP contribution < -0.4 is 11.1 Å². The van der Waals surface area contributed by atoms with E-state index in [1.807, 2.05) is 6.92 Å². The fourth-order valence-corrected chi connectivity index (χ4v) is 1.84. The molecule has 1 rings (SSSR count). The molecule has 0 aliphatic carbocycles. The van der Waals surface area contributed by atoms with Gasteiger partial charge in [-0.25, -0.2) is 0 Å². The van der Waals surface area contributed by atoms with E-state index in [0.29, 0.717) is 13.0 Å². The number of amides is 1. The van der Waals surface area contributed by atoms with Gasteiger partial charge in [0.05, 0.1) is 17.1 Å². The van der Waals surface area contributed by atoms with Crippen molar-refractivity contribution < 1.29 is 4.79 Å². The molecule has 0 spiro atoms. The van der Waals surface area contributed by atoms with Crippen LogP contribution in [0.3, 0.4) is 0 Å². The normalized spacial score (nSPS) is 12.1. The number of rotatable bonds is 8. The van der Waals surface area contributed by atoms with Crippen LogP contribution in [0.5, 0.6) is 0 Å². The van der Waals surface area contributed by atoms with Crippen molar-refractivity contribution in [2.45, 2.75) is 32.7 Å². The highest BCUT2D eigenvalue weighted by molar-refractivity contribution is 7.80. The van der Waals surface area contributed by atoms with Gasteiger partial charge in [-0.2, -0.15) is 0 Å². The van der Waals surface area contributed by atoms with E-state index in [9.17, 15) is 4.79 Å². The van der Waals surface area contributed by atoms with Crippen molar-refractivity contribution in [3.63, 3.8) is 0 Å². The highest BCUT2D eigenvalue weighted by atomic mass is 32.1. The summed E-state index contributed by atoms with van der Waals surface area (Å²) in [5, 5.41) is 10.4. The van der Waals surface area contributed by atoms with E-state index in [2.05, 4.69) is 15.6 Å². The van der Waals surface area contributed by atoms with Gasteiger partial charge in [-0.15, -0.1) is 5.10 Å². The smallest absolute Gasteiger partial charge is 0.229 e. The minimum absolute atomic E-state index is 0.0806. The van der Waals surface area contributed by atoms with Gasteiger partial charge in [0.15, 0.2) is 0 Å². The quantitative estimate of drug-likeness (QED) is 0.530.